The van der Waals surface area contributed by atoms with E-state index >= 15 is 0 Å². The molecular formula is C40H40Br4N2O10. The number of hydrogen-bond donors (Lipinski definition) is 2. The standard InChI is InChI=1S/C40H40Br4N2O10/c1-51-27-11-7-23(8-12-27)21-55-35-25(17-29(41)37(53-3)33(35)43)19-31(47)39(49)45-15-5-6-16-46-40(50)32(48)20-26-18-30(42)38(54-4)34(44)36(26)56-22-24-9-13-28(52-2)14-10-24/h7-14,17-18H,5-6,15-16,19-22H2,1-4H3,(H,45,49)(H,46,50). The first kappa shape index (κ1) is 44.6. The molecule has 0 aliphatic rings. The van der Waals surface area contributed by atoms with Crippen molar-refractivity contribution in [1.29, 1.82) is 0 Å². The van der Waals surface area contributed by atoms with Crippen LogP contribution < -0.4 is 39.1 Å². The maximum Gasteiger partial charge on any atom is 0.287 e. The number of halogens is 4. The van der Waals surface area contributed by atoms with E-state index in [0.29, 0.717) is 76.4 Å². The van der Waals surface area contributed by atoms with Gasteiger partial charge in [-0.3, -0.25) is 19.2 Å². The van der Waals surface area contributed by atoms with Gasteiger partial charge in [-0.25, -0.2) is 0 Å². The molecule has 298 valence electrons. The molecular weight excluding hydrogens is 988 g/mol. The van der Waals surface area contributed by atoms with Crippen LogP contribution in [0.3, 0.4) is 0 Å². The zero-order chi connectivity index (χ0) is 40.8. The van der Waals surface area contributed by atoms with Crippen LogP contribution in [0.1, 0.15) is 35.1 Å². The normalized spacial score (nSPS) is 10.6. The van der Waals surface area contributed by atoms with Gasteiger partial charge in [-0.15, -0.1) is 0 Å². The average Bonchev–Trinajstić information content (AvgIpc) is 3.19. The SMILES string of the molecule is COc1ccc(COc2c(CC(=O)C(=O)NCCCCNC(=O)C(=O)Cc3cc(Br)c(OC)c(Br)c3OCc3ccc(OC)cc3)cc(Br)c(OC)c2Br)cc1. The minimum absolute atomic E-state index is 0.189. The number of carbonyl (C=O) groups is 4. The van der Waals surface area contributed by atoms with Crippen LogP contribution in [-0.2, 0) is 45.2 Å². The zero-order valence-corrected chi connectivity index (χ0v) is 37.4. The molecule has 0 atom stereocenters. The van der Waals surface area contributed by atoms with Gasteiger partial charge in [-0.05, 0) is 124 Å². The summed E-state index contributed by atoms with van der Waals surface area (Å²) in [4.78, 5) is 51.5. The fraction of sp³-hybridized carbons (Fsp3) is 0.300. The lowest BCUT2D eigenvalue weighted by Gasteiger charge is -2.17. The summed E-state index contributed by atoms with van der Waals surface area (Å²) in [6.07, 6.45) is 0.452. The van der Waals surface area contributed by atoms with Gasteiger partial charge in [0, 0.05) is 37.1 Å². The molecule has 0 aromatic heterocycles. The molecule has 0 unspecified atom stereocenters. The maximum absolute atomic E-state index is 13.0. The number of unbranched alkanes of at least 4 members (excludes halogenated alkanes) is 1. The van der Waals surface area contributed by atoms with Gasteiger partial charge in [0.25, 0.3) is 11.8 Å². The summed E-state index contributed by atoms with van der Waals surface area (Å²) in [6.45, 7) is 0.767. The van der Waals surface area contributed by atoms with E-state index in [1.54, 1.807) is 26.4 Å². The molecule has 0 aliphatic carbocycles. The number of methoxy groups -OCH3 is 4. The van der Waals surface area contributed by atoms with Gasteiger partial charge < -0.3 is 39.1 Å². The summed E-state index contributed by atoms with van der Waals surface area (Å²) in [6, 6.07) is 18.1. The Hall–Kier alpha value is -4.12. The number of Topliss-reactive ketones (excluding diaryl/α,β-unsaturated/α-hetero) is 2. The number of ketones is 2. The van der Waals surface area contributed by atoms with Crippen LogP contribution in [0.4, 0.5) is 0 Å². The minimum Gasteiger partial charge on any atom is -0.497 e. The van der Waals surface area contributed by atoms with Crippen molar-refractivity contribution in [3.05, 3.63) is 101 Å². The van der Waals surface area contributed by atoms with Crippen molar-refractivity contribution >= 4 is 87.1 Å². The summed E-state index contributed by atoms with van der Waals surface area (Å²) >= 11 is 14.0. The van der Waals surface area contributed by atoms with Crippen LogP contribution in [0, 0.1) is 0 Å². The lowest BCUT2D eigenvalue weighted by molar-refractivity contribution is -0.137. The number of nitrogens with one attached hydrogen (secondary N) is 2. The Labute approximate surface area is 358 Å². The zero-order valence-electron chi connectivity index (χ0n) is 31.0. The van der Waals surface area contributed by atoms with Crippen LogP contribution in [0.5, 0.6) is 34.5 Å². The second-order valence-corrected chi connectivity index (χ2v) is 15.4. The summed E-state index contributed by atoms with van der Waals surface area (Å²) < 4.78 is 35.8. The molecule has 2 amide bonds. The highest BCUT2D eigenvalue weighted by Gasteiger charge is 2.24. The van der Waals surface area contributed by atoms with Crippen molar-refractivity contribution in [2.75, 3.05) is 41.5 Å². The number of rotatable bonds is 21. The second kappa shape index (κ2) is 22.0. The van der Waals surface area contributed by atoms with E-state index in [9.17, 15) is 19.2 Å². The van der Waals surface area contributed by atoms with Crippen LogP contribution in [-0.4, -0.2) is 64.9 Å². The molecule has 0 saturated carbocycles. The van der Waals surface area contributed by atoms with Crippen LogP contribution in [0.15, 0.2) is 78.6 Å². The summed E-state index contributed by atoms with van der Waals surface area (Å²) in [5.41, 5.74) is 2.70. The van der Waals surface area contributed by atoms with Crippen molar-refractivity contribution in [2.24, 2.45) is 0 Å². The first-order valence-corrected chi connectivity index (χ1v) is 20.3. The number of carbonyl (C=O) groups excluding carboxylic acids is 4. The molecule has 0 bridgehead atoms. The minimum atomic E-state index is -0.754. The Morgan fingerprint density at radius 1 is 0.518 bits per heavy atom. The topological polar surface area (TPSA) is 148 Å². The molecule has 0 aliphatic heterocycles. The average molecular weight is 1030 g/mol. The van der Waals surface area contributed by atoms with E-state index in [2.05, 4.69) is 74.4 Å². The maximum atomic E-state index is 13.0. The van der Waals surface area contributed by atoms with Gasteiger partial charge in [0.2, 0.25) is 11.6 Å². The molecule has 4 aromatic carbocycles. The molecule has 4 aromatic rings. The molecule has 0 radical (unpaired) electrons. The van der Waals surface area contributed by atoms with Crippen molar-refractivity contribution in [2.45, 2.75) is 38.9 Å². The molecule has 0 fully saturated rings. The Kier molecular flexibility index (Phi) is 17.5. The highest BCUT2D eigenvalue weighted by atomic mass is 79.9. The fourth-order valence-electron chi connectivity index (χ4n) is 5.33. The van der Waals surface area contributed by atoms with Gasteiger partial charge in [0.05, 0.1) is 37.4 Å². The number of ether oxygens (including phenoxy) is 6. The Bertz CT molecular complexity index is 1880. The van der Waals surface area contributed by atoms with Gasteiger partial charge in [0.15, 0.2) is 11.5 Å². The van der Waals surface area contributed by atoms with Gasteiger partial charge in [-0.2, -0.15) is 0 Å². The molecule has 4 rings (SSSR count). The smallest absolute Gasteiger partial charge is 0.287 e. The van der Waals surface area contributed by atoms with E-state index in [0.717, 1.165) is 11.1 Å². The molecule has 16 heteroatoms. The van der Waals surface area contributed by atoms with Gasteiger partial charge >= 0.3 is 0 Å². The largest absolute Gasteiger partial charge is 0.497 e. The van der Waals surface area contributed by atoms with Gasteiger partial charge in [-0.1, -0.05) is 24.3 Å². The van der Waals surface area contributed by atoms with Crippen molar-refractivity contribution in [1.82, 2.24) is 10.6 Å². The third-order valence-corrected chi connectivity index (χ3v) is 10.9. The molecule has 0 spiro atoms. The van der Waals surface area contributed by atoms with E-state index < -0.39 is 23.4 Å². The Morgan fingerprint density at radius 2 is 0.875 bits per heavy atom. The van der Waals surface area contributed by atoms with E-state index in [1.807, 2.05) is 48.5 Å². The van der Waals surface area contributed by atoms with Crippen molar-refractivity contribution < 1.29 is 47.6 Å². The Balaban J connectivity index is 1.26. The second-order valence-electron chi connectivity index (χ2n) is 12.1. The van der Waals surface area contributed by atoms with E-state index in [4.69, 9.17) is 28.4 Å². The van der Waals surface area contributed by atoms with Crippen LogP contribution >= 0.6 is 63.7 Å². The van der Waals surface area contributed by atoms with Crippen molar-refractivity contribution in [3.8, 4) is 34.5 Å². The Morgan fingerprint density at radius 3 is 1.20 bits per heavy atom. The molecule has 0 saturated heterocycles. The monoisotopic (exact) mass is 1020 g/mol. The number of benzene rings is 4. The van der Waals surface area contributed by atoms with Crippen molar-refractivity contribution in [3.63, 3.8) is 0 Å². The summed E-state index contributed by atoms with van der Waals surface area (Å²) in [7, 11) is 6.20. The third-order valence-electron chi connectivity index (χ3n) is 8.29. The van der Waals surface area contributed by atoms with Crippen LogP contribution in [0.2, 0.25) is 0 Å². The lowest BCUT2D eigenvalue weighted by Crippen LogP contribution is -2.34. The number of amides is 2. The lowest BCUT2D eigenvalue weighted by atomic mass is 10.1. The molecule has 56 heavy (non-hydrogen) atoms. The first-order chi connectivity index (χ1) is 26.9. The van der Waals surface area contributed by atoms with Crippen LogP contribution in [0.25, 0.3) is 0 Å². The van der Waals surface area contributed by atoms with E-state index in [-0.39, 0.29) is 39.1 Å². The molecule has 0 heterocycles. The fourth-order valence-corrected chi connectivity index (χ4v) is 8.62. The predicted molar refractivity (Wildman–Crippen MR) is 224 cm³/mol. The number of hydrogen-bond acceptors (Lipinski definition) is 10. The molecule has 2 N–H and O–H groups in total. The molecule has 12 nitrogen and oxygen atoms in total. The summed E-state index contributed by atoms with van der Waals surface area (Å²) in [5, 5.41) is 5.27. The first-order valence-electron chi connectivity index (χ1n) is 17.1. The van der Waals surface area contributed by atoms with Gasteiger partial charge in [0.1, 0.15) is 45.2 Å². The van der Waals surface area contributed by atoms with E-state index in [1.165, 1.54) is 14.2 Å². The quantitative estimate of drug-likeness (QED) is 0.0625. The highest BCUT2D eigenvalue weighted by Crippen LogP contribution is 2.44. The third kappa shape index (κ3) is 12.2. The predicted octanol–water partition coefficient (Wildman–Crippen LogP) is 7.87. The summed E-state index contributed by atoms with van der Waals surface area (Å²) in [5.74, 6) is 0.291. The highest BCUT2D eigenvalue weighted by molar-refractivity contribution is 9.11.